The van der Waals surface area contributed by atoms with Gasteiger partial charge < -0.3 is 20.0 Å². The van der Waals surface area contributed by atoms with Crippen LogP contribution in [0.5, 0.6) is 0 Å². The number of carbonyl (C=O) groups is 3. The molecule has 0 unspecified atom stereocenters. The number of hydrogen-bond acceptors (Lipinski definition) is 6. The number of nitrogens with zero attached hydrogens (tertiary/aromatic N) is 2. The number of likely N-dealkylation sites (tertiary alicyclic amines) is 1. The summed E-state index contributed by atoms with van der Waals surface area (Å²) in [6.45, 7) is 8.95. The lowest BCUT2D eigenvalue weighted by Crippen LogP contribution is -2.53. The van der Waals surface area contributed by atoms with E-state index in [2.05, 4.69) is 17.1 Å². The molecular weight excluding hydrogens is 486 g/mol. The third-order valence-electron chi connectivity index (χ3n) is 7.17. The minimum atomic E-state index is -1.41. The normalized spacial score (nSPS) is 25.2. The molecule has 2 N–H and O–H groups in total. The summed E-state index contributed by atoms with van der Waals surface area (Å²) < 4.78 is 5.54. The summed E-state index contributed by atoms with van der Waals surface area (Å²) in [4.78, 5) is 45.5. The van der Waals surface area contributed by atoms with Crippen LogP contribution in [0.4, 0.5) is 4.79 Å². The molecule has 0 aromatic heterocycles. The van der Waals surface area contributed by atoms with E-state index in [1.54, 1.807) is 20.8 Å². The van der Waals surface area contributed by atoms with E-state index in [1.165, 1.54) is 11.0 Å². The SMILES string of the molecule is C=C[C@@H]1C[C@]1(NC(=O)[C@@H]1C[C@@H](ON=C2c3ccccc3-c3ccccc32)CN1C(=O)OC(C)(C)C)C(=O)O. The highest BCUT2D eigenvalue weighted by atomic mass is 16.6. The molecule has 2 fully saturated rings. The second-order valence-electron chi connectivity index (χ2n) is 11.0. The van der Waals surface area contributed by atoms with Gasteiger partial charge in [0.05, 0.1) is 6.54 Å². The maximum atomic E-state index is 13.3. The van der Waals surface area contributed by atoms with Gasteiger partial charge in [-0.2, -0.15) is 0 Å². The monoisotopic (exact) mass is 517 g/mol. The number of carbonyl (C=O) groups excluding carboxylic acids is 2. The number of hydrogen-bond donors (Lipinski definition) is 2. The minimum Gasteiger partial charge on any atom is -0.479 e. The van der Waals surface area contributed by atoms with Crippen molar-refractivity contribution in [3.05, 3.63) is 72.3 Å². The molecule has 9 heteroatoms. The number of fused-ring (bicyclic) bond motifs is 3. The maximum absolute atomic E-state index is 13.3. The lowest BCUT2D eigenvalue weighted by molar-refractivity contribution is -0.144. The van der Waals surface area contributed by atoms with Crippen LogP contribution in [0.15, 0.2) is 66.3 Å². The van der Waals surface area contributed by atoms with Crippen LogP contribution in [0.2, 0.25) is 0 Å². The summed E-state index contributed by atoms with van der Waals surface area (Å²) in [6, 6.07) is 14.9. The highest BCUT2D eigenvalue weighted by Crippen LogP contribution is 2.45. The average Bonchev–Trinajstić information content (AvgIpc) is 3.26. The Hall–Kier alpha value is -4.14. The molecule has 1 saturated carbocycles. The van der Waals surface area contributed by atoms with E-state index >= 15 is 0 Å². The molecule has 9 nitrogen and oxygen atoms in total. The Balaban J connectivity index is 1.38. The van der Waals surface area contributed by atoms with Gasteiger partial charge in [0.15, 0.2) is 0 Å². The number of aliphatic carboxylic acids is 1. The zero-order valence-corrected chi connectivity index (χ0v) is 21.6. The summed E-state index contributed by atoms with van der Waals surface area (Å²) in [7, 11) is 0. The number of oxime groups is 1. The van der Waals surface area contributed by atoms with Gasteiger partial charge in [0.2, 0.25) is 5.91 Å². The van der Waals surface area contributed by atoms with E-state index in [9.17, 15) is 19.5 Å². The van der Waals surface area contributed by atoms with E-state index in [0.717, 1.165) is 22.3 Å². The second kappa shape index (κ2) is 9.31. The van der Waals surface area contributed by atoms with Gasteiger partial charge in [0.1, 0.15) is 29.0 Å². The van der Waals surface area contributed by atoms with Gasteiger partial charge in [-0.25, -0.2) is 9.59 Å². The Morgan fingerprint density at radius 3 is 2.16 bits per heavy atom. The van der Waals surface area contributed by atoms with E-state index in [0.29, 0.717) is 5.71 Å². The van der Waals surface area contributed by atoms with Crippen molar-refractivity contribution in [1.29, 1.82) is 0 Å². The Morgan fingerprint density at radius 2 is 1.66 bits per heavy atom. The van der Waals surface area contributed by atoms with Crippen molar-refractivity contribution < 1.29 is 29.1 Å². The summed E-state index contributed by atoms with van der Waals surface area (Å²) in [5.74, 6) is -2.07. The number of carboxylic acids is 1. The Bertz CT molecular complexity index is 1300. The van der Waals surface area contributed by atoms with Crippen LogP contribution in [0, 0.1) is 5.92 Å². The molecule has 2 amide bonds. The molecule has 0 bridgehead atoms. The summed E-state index contributed by atoms with van der Waals surface area (Å²) in [5.41, 5.74) is 2.50. The smallest absolute Gasteiger partial charge is 0.411 e. The molecule has 1 aliphatic heterocycles. The molecule has 0 spiro atoms. The third kappa shape index (κ3) is 4.53. The molecule has 4 atom stereocenters. The Morgan fingerprint density at radius 1 is 1.08 bits per heavy atom. The van der Waals surface area contributed by atoms with E-state index < -0.39 is 41.3 Å². The van der Waals surface area contributed by atoms with Gasteiger partial charge in [0, 0.05) is 23.5 Å². The molecule has 198 valence electrons. The lowest BCUT2D eigenvalue weighted by atomic mass is 10.1. The van der Waals surface area contributed by atoms with Crippen LogP contribution in [0.25, 0.3) is 11.1 Å². The van der Waals surface area contributed by atoms with Gasteiger partial charge in [-0.15, -0.1) is 6.58 Å². The van der Waals surface area contributed by atoms with Crippen molar-refractivity contribution >= 4 is 23.7 Å². The molecule has 1 saturated heterocycles. The Kier molecular flexibility index (Phi) is 6.25. The predicted octanol–water partition coefficient (Wildman–Crippen LogP) is 3.96. The van der Waals surface area contributed by atoms with Crippen molar-refractivity contribution in [2.45, 2.75) is 56.9 Å². The minimum absolute atomic E-state index is 0.0675. The van der Waals surface area contributed by atoms with E-state index in [4.69, 9.17) is 9.57 Å². The first-order valence-electron chi connectivity index (χ1n) is 12.6. The first-order chi connectivity index (χ1) is 18.0. The summed E-state index contributed by atoms with van der Waals surface area (Å²) in [6.07, 6.45) is 0.644. The van der Waals surface area contributed by atoms with Crippen molar-refractivity contribution in [3.63, 3.8) is 0 Å². The zero-order valence-electron chi connectivity index (χ0n) is 21.6. The zero-order chi connectivity index (χ0) is 27.2. The van der Waals surface area contributed by atoms with Crippen molar-refractivity contribution in [2.24, 2.45) is 11.1 Å². The predicted molar refractivity (Wildman–Crippen MR) is 141 cm³/mol. The lowest BCUT2D eigenvalue weighted by Gasteiger charge is -2.28. The highest BCUT2D eigenvalue weighted by molar-refractivity contribution is 6.24. The molecule has 2 aromatic carbocycles. The first-order valence-corrected chi connectivity index (χ1v) is 12.6. The maximum Gasteiger partial charge on any atom is 0.411 e. The van der Waals surface area contributed by atoms with E-state index in [1.807, 2.05) is 48.5 Å². The molecule has 5 rings (SSSR count). The van der Waals surface area contributed by atoms with Gasteiger partial charge in [-0.3, -0.25) is 9.69 Å². The van der Waals surface area contributed by atoms with Crippen molar-refractivity contribution in [1.82, 2.24) is 10.2 Å². The van der Waals surface area contributed by atoms with Gasteiger partial charge in [-0.1, -0.05) is 59.8 Å². The number of nitrogens with one attached hydrogen (secondary N) is 1. The van der Waals surface area contributed by atoms with Gasteiger partial charge in [0.25, 0.3) is 0 Å². The van der Waals surface area contributed by atoms with Crippen LogP contribution >= 0.6 is 0 Å². The molecule has 38 heavy (non-hydrogen) atoms. The average molecular weight is 518 g/mol. The fourth-order valence-corrected chi connectivity index (χ4v) is 5.18. The second-order valence-corrected chi connectivity index (χ2v) is 11.0. The fourth-order valence-electron chi connectivity index (χ4n) is 5.18. The molecule has 2 aromatic rings. The number of ether oxygens (including phenoxy) is 1. The van der Waals surface area contributed by atoms with Gasteiger partial charge >= 0.3 is 12.1 Å². The molecule has 3 aliphatic rings. The summed E-state index contributed by atoms with van der Waals surface area (Å²) >= 11 is 0. The van der Waals surface area contributed by atoms with Crippen LogP contribution < -0.4 is 5.32 Å². The number of benzene rings is 2. The first kappa shape index (κ1) is 25.5. The van der Waals surface area contributed by atoms with Crippen LogP contribution in [0.1, 0.15) is 44.7 Å². The summed E-state index contributed by atoms with van der Waals surface area (Å²) in [5, 5.41) is 16.9. The molecule has 1 heterocycles. The Labute approximate surface area is 221 Å². The van der Waals surface area contributed by atoms with Crippen molar-refractivity contribution in [3.8, 4) is 11.1 Å². The van der Waals surface area contributed by atoms with Crippen LogP contribution in [0.3, 0.4) is 0 Å². The molecule has 2 aliphatic carbocycles. The largest absolute Gasteiger partial charge is 0.479 e. The van der Waals surface area contributed by atoms with Crippen molar-refractivity contribution in [2.75, 3.05) is 6.54 Å². The topological polar surface area (TPSA) is 118 Å². The van der Waals surface area contributed by atoms with Crippen LogP contribution in [-0.4, -0.2) is 63.5 Å². The number of rotatable bonds is 6. The van der Waals surface area contributed by atoms with E-state index in [-0.39, 0.29) is 25.3 Å². The highest BCUT2D eigenvalue weighted by Gasteiger charge is 2.61. The number of amides is 2. The standard InChI is InChI=1S/C29H31N3O6/c1-5-17-15-29(17,26(34)35)30-25(33)23-14-18(16-32(23)27(36)37-28(2,3)4)38-31-24-21-12-8-6-10-19(21)20-11-7-9-13-22(20)24/h5-13,17-18,23H,1,14-16H2,2-4H3,(H,30,33)(H,34,35)/t17-,18-,23+,29-/m1/s1. The molecule has 0 radical (unpaired) electrons. The fraction of sp³-hybridized carbons (Fsp3) is 0.379. The van der Waals surface area contributed by atoms with Crippen LogP contribution in [-0.2, 0) is 19.2 Å². The quantitative estimate of drug-likeness (QED) is 0.378. The van der Waals surface area contributed by atoms with Gasteiger partial charge in [-0.05, 0) is 38.3 Å². The molecular formula is C29H31N3O6. The third-order valence-corrected chi connectivity index (χ3v) is 7.17. The number of carboxylic acid groups (broad SMARTS) is 1.